The quantitative estimate of drug-likeness (QED) is 0.716. The standard InChI is InChI=1S/C10H11FO2/c1-10(13,7-12)6-8-3-2-4-9(11)5-8/h2-5,7,13H,6H2,1H3. The summed E-state index contributed by atoms with van der Waals surface area (Å²) in [4.78, 5) is 10.4. The minimum Gasteiger partial charge on any atom is -0.382 e. The number of hydrogen-bond donors (Lipinski definition) is 1. The molecule has 0 amide bonds. The van der Waals surface area contributed by atoms with Gasteiger partial charge in [-0.05, 0) is 24.6 Å². The molecule has 0 heterocycles. The lowest BCUT2D eigenvalue weighted by Gasteiger charge is -2.14. The molecule has 0 saturated heterocycles. The first kappa shape index (κ1) is 9.86. The van der Waals surface area contributed by atoms with Crippen molar-refractivity contribution in [2.45, 2.75) is 18.9 Å². The Labute approximate surface area is 76.0 Å². The monoisotopic (exact) mass is 182 g/mol. The van der Waals surface area contributed by atoms with Gasteiger partial charge in [-0.2, -0.15) is 0 Å². The molecule has 1 aromatic carbocycles. The lowest BCUT2D eigenvalue weighted by Crippen LogP contribution is -2.28. The van der Waals surface area contributed by atoms with Crippen molar-refractivity contribution in [2.75, 3.05) is 0 Å². The number of carbonyl (C=O) groups excluding carboxylic acids is 1. The van der Waals surface area contributed by atoms with Crippen molar-refractivity contribution >= 4 is 6.29 Å². The number of aliphatic hydroxyl groups is 1. The van der Waals surface area contributed by atoms with Crippen molar-refractivity contribution in [1.82, 2.24) is 0 Å². The molecule has 2 nitrogen and oxygen atoms in total. The maximum atomic E-state index is 12.7. The van der Waals surface area contributed by atoms with E-state index < -0.39 is 5.60 Å². The van der Waals surface area contributed by atoms with Gasteiger partial charge in [-0.3, -0.25) is 0 Å². The first-order valence-electron chi connectivity index (χ1n) is 3.97. The number of halogens is 1. The maximum Gasteiger partial charge on any atom is 0.151 e. The van der Waals surface area contributed by atoms with Crippen LogP contribution in [0.2, 0.25) is 0 Å². The van der Waals surface area contributed by atoms with Crippen LogP contribution in [0.5, 0.6) is 0 Å². The van der Waals surface area contributed by atoms with Gasteiger partial charge in [0.1, 0.15) is 11.4 Å². The van der Waals surface area contributed by atoms with Crippen LogP contribution >= 0.6 is 0 Å². The third kappa shape index (κ3) is 2.95. The minimum atomic E-state index is -1.41. The first-order chi connectivity index (χ1) is 6.03. The summed E-state index contributed by atoms with van der Waals surface area (Å²) >= 11 is 0. The van der Waals surface area contributed by atoms with E-state index in [-0.39, 0.29) is 12.2 Å². The van der Waals surface area contributed by atoms with Crippen LogP contribution in [0.15, 0.2) is 24.3 Å². The van der Waals surface area contributed by atoms with Crippen molar-refractivity contribution in [3.63, 3.8) is 0 Å². The van der Waals surface area contributed by atoms with Gasteiger partial charge in [0.05, 0.1) is 0 Å². The molecule has 0 aliphatic carbocycles. The molecule has 0 saturated carbocycles. The highest BCUT2D eigenvalue weighted by Crippen LogP contribution is 2.11. The number of benzene rings is 1. The normalized spacial score (nSPS) is 15.0. The number of hydrogen-bond acceptors (Lipinski definition) is 2. The third-order valence-corrected chi connectivity index (χ3v) is 1.70. The smallest absolute Gasteiger partial charge is 0.151 e. The van der Waals surface area contributed by atoms with Gasteiger partial charge in [0.15, 0.2) is 6.29 Å². The van der Waals surface area contributed by atoms with E-state index in [1.807, 2.05) is 0 Å². The Kier molecular flexibility index (Phi) is 2.78. The molecule has 1 rings (SSSR count). The molecule has 0 radical (unpaired) electrons. The highest BCUT2D eigenvalue weighted by molar-refractivity contribution is 5.62. The predicted octanol–water partition coefficient (Wildman–Crippen LogP) is 1.32. The van der Waals surface area contributed by atoms with Gasteiger partial charge in [-0.25, -0.2) is 4.39 Å². The lowest BCUT2D eigenvalue weighted by atomic mass is 9.98. The van der Waals surface area contributed by atoms with Crippen molar-refractivity contribution in [1.29, 1.82) is 0 Å². The second kappa shape index (κ2) is 3.66. The SMILES string of the molecule is CC(O)(C=O)Cc1cccc(F)c1. The average molecular weight is 182 g/mol. The zero-order valence-electron chi connectivity index (χ0n) is 7.33. The number of carbonyl (C=O) groups is 1. The number of aldehydes is 1. The summed E-state index contributed by atoms with van der Waals surface area (Å²) in [7, 11) is 0. The van der Waals surface area contributed by atoms with E-state index >= 15 is 0 Å². The predicted molar refractivity (Wildman–Crippen MR) is 46.8 cm³/mol. The summed E-state index contributed by atoms with van der Waals surface area (Å²) in [5.41, 5.74) is -0.801. The lowest BCUT2D eigenvalue weighted by molar-refractivity contribution is -0.122. The van der Waals surface area contributed by atoms with E-state index in [0.717, 1.165) is 0 Å². The Balaban J connectivity index is 2.80. The van der Waals surface area contributed by atoms with Crippen LogP contribution in [0.25, 0.3) is 0 Å². The van der Waals surface area contributed by atoms with Gasteiger partial charge in [0, 0.05) is 6.42 Å². The van der Waals surface area contributed by atoms with Crippen molar-refractivity contribution in [2.24, 2.45) is 0 Å². The van der Waals surface area contributed by atoms with E-state index in [9.17, 15) is 14.3 Å². The van der Waals surface area contributed by atoms with Crippen LogP contribution in [0.1, 0.15) is 12.5 Å². The van der Waals surface area contributed by atoms with Gasteiger partial charge >= 0.3 is 0 Å². The summed E-state index contributed by atoms with van der Waals surface area (Å²) in [5, 5.41) is 9.38. The average Bonchev–Trinajstić information content (AvgIpc) is 2.03. The summed E-state index contributed by atoms with van der Waals surface area (Å²) in [6, 6.07) is 5.84. The number of rotatable bonds is 3. The van der Waals surface area contributed by atoms with E-state index in [0.29, 0.717) is 11.8 Å². The molecule has 1 atom stereocenters. The van der Waals surface area contributed by atoms with E-state index in [1.165, 1.54) is 19.1 Å². The van der Waals surface area contributed by atoms with E-state index in [1.54, 1.807) is 12.1 Å². The fourth-order valence-corrected chi connectivity index (χ4v) is 1.10. The maximum absolute atomic E-state index is 12.7. The van der Waals surface area contributed by atoms with Crippen LogP contribution in [0, 0.1) is 5.82 Å². The van der Waals surface area contributed by atoms with Crippen LogP contribution in [-0.2, 0) is 11.2 Å². The Morgan fingerprint density at radius 1 is 1.62 bits per heavy atom. The molecular formula is C10H11FO2. The minimum absolute atomic E-state index is 0.133. The van der Waals surface area contributed by atoms with Crippen LogP contribution in [0.4, 0.5) is 4.39 Å². The van der Waals surface area contributed by atoms with E-state index in [4.69, 9.17) is 0 Å². The third-order valence-electron chi connectivity index (χ3n) is 1.70. The summed E-state index contributed by atoms with van der Waals surface area (Å²) in [5.74, 6) is -0.362. The van der Waals surface area contributed by atoms with Gasteiger partial charge < -0.3 is 9.90 Å². The zero-order chi connectivity index (χ0) is 9.90. The van der Waals surface area contributed by atoms with Crippen LogP contribution in [0.3, 0.4) is 0 Å². The summed E-state index contributed by atoms with van der Waals surface area (Å²) < 4.78 is 12.7. The van der Waals surface area contributed by atoms with Gasteiger partial charge in [0.25, 0.3) is 0 Å². The van der Waals surface area contributed by atoms with Gasteiger partial charge in [-0.1, -0.05) is 12.1 Å². The van der Waals surface area contributed by atoms with Crippen LogP contribution in [-0.4, -0.2) is 17.0 Å². The van der Waals surface area contributed by atoms with Crippen molar-refractivity contribution in [3.8, 4) is 0 Å². The molecule has 1 N–H and O–H groups in total. The highest BCUT2D eigenvalue weighted by Gasteiger charge is 2.19. The van der Waals surface area contributed by atoms with Crippen LogP contribution < -0.4 is 0 Å². The van der Waals surface area contributed by atoms with E-state index in [2.05, 4.69) is 0 Å². The molecule has 0 spiro atoms. The Morgan fingerprint density at radius 3 is 2.85 bits per heavy atom. The Bertz CT molecular complexity index is 308. The van der Waals surface area contributed by atoms with Crippen molar-refractivity contribution < 1.29 is 14.3 Å². The summed E-state index contributed by atoms with van der Waals surface area (Å²) in [6.07, 6.45) is 0.589. The molecule has 0 bridgehead atoms. The fraction of sp³-hybridized carbons (Fsp3) is 0.300. The second-order valence-electron chi connectivity index (χ2n) is 3.28. The Hall–Kier alpha value is -1.22. The van der Waals surface area contributed by atoms with Crippen molar-refractivity contribution in [3.05, 3.63) is 35.6 Å². The molecule has 3 heteroatoms. The first-order valence-corrected chi connectivity index (χ1v) is 3.97. The highest BCUT2D eigenvalue weighted by atomic mass is 19.1. The van der Waals surface area contributed by atoms with Gasteiger partial charge in [0.2, 0.25) is 0 Å². The summed E-state index contributed by atoms with van der Waals surface area (Å²) in [6.45, 7) is 1.39. The second-order valence-corrected chi connectivity index (χ2v) is 3.28. The van der Waals surface area contributed by atoms with Gasteiger partial charge in [-0.15, -0.1) is 0 Å². The Morgan fingerprint density at radius 2 is 2.31 bits per heavy atom. The largest absolute Gasteiger partial charge is 0.382 e. The molecule has 0 aliphatic heterocycles. The fourth-order valence-electron chi connectivity index (χ4n) is 1.10. The molecule has 0 aliphatic rings. The molecular weight excluding hydrogens is 171 g/mol. The molecule has 0 aromatic heterocycles. The molecule has 1 aromatic rings. The zero-order valence-corrected chi connectivity index (χ0v) is 7.33. The topological polar surface area (TPSA) is 37.3 Å². The molecule has 70 valence electrons. The molecule has 1 unspecified atom stereocenters. The molecule has 13 heavy (non-hydrogen) atoms. The molecule has 0 fully saturated rings.